The normalized spacial score (nSPS) is 12.5. The number of hydrogen-bond acceptors (Lipinski definition) is 4. The Morgan fingerprint density at radius 3 is 2.32 bits per heavy atom. The van der Waals surface area contributed by atoms with Crippen LogP contribution in [0.5, 0.6) is 0 Å². The minimum absolute atomic E-state index is 0.00950. The van der Waals surface area contributed by atoms with Crippen LogP contribution in [0, 0.1) is 6.92 Å². The molecule has 8 heteroatoms. The van der Waals surface area contributed by atoms with Gasteiger partial charge in [0.2, 0.25) is 0 Å². The number of alkyl halides is 3. The molecule has 0 spiro atoms. The number of fused-ring (bicyclic) bond motifs is 1. The molecule has 174 valence electrons. The summed E-state index contributed by atoms with van der Waals surface area (Å²) in [7, 11) is 0. The summed E-state index contributed by atoms with van der Waals surface area (Å²) < 4.78 is 47.2. The van der Waals surface area contributed by atoms with Gasteiger partial charge in [0.05, 0.1) is 22.6 Å². The highest BCUT2D eigenvalue weighted by Gasteiger charge is 2.33. The van der Waals surface area contributed by atoms with Gasteiger partial charge in [0.1, 0.15) is 11.3 Å². The van der Waals surface area contributed by atoms with E-state index in [1.807, 2.05) is 0 Å². The van der Waals surface area contributed by atoms with E-state index in [1.165, 1.54) is 19.1 Å². The van der Waals surface area contributed by atoms with Gasteiger partial charge in [-0.3, -0.25) is 4.79 Å². The zero-order valence-electron chi connectivity index (χ0n) is 18.2. The number of anilines is 1. The lowest BCUT2D eigenvalue weighted by Crippen LogP contribution is -2.16. The zero-order chi connectivity index (χ0) is 24.6. The van der Waals surface area contributed by atoms with Crippen LogP contribution >= 0.6 is 0 Å². The van der Waals surface area contributed by atoms with Gasteiger partial charge in [0, 0.05) is 22.4 Å². The molecule has 4 rings (SSSR count). The lowest BCUT2D eigenvalue weighted by Gasteiger charge is -2.21. The molecule has 1 aromatic heterocycles. The largest absolute Gasteiger partial charge is 0.478 e. The Bertz CT molecular complexity index is 1440. The Labute approximate surface area is 192 Å². The summed E-state index contributed by atoms with van der Waals surface area (Å²) in [4.78, 5) is 24.7. The number of hydrogen-bond donors (Lipinski definition) is 2. The molecule has 1 atom stereocenters. The smallest absolute Gasteiger partial charge is 0.416 e. The van der Waals surface area contributed by atoms with Crippen molar-refractivity contribution in [3.63, 3.8) is 0 Å². The summed E-state index contributed by atoms with van der Waals surface area (Å²) in [5.41, 5.74) is -0.462. The Kier molecular flexibility index (Phi) is 5.91. The number of rotatable bonds is 5. The molecule has 0 fully saturated rings. The highest BCUT2D eigenvalue weighted by Crippen LogP contribution is 2.37. The second-order valence-electron chi connectivity index (χ2n) is 7.91. The summed E-state index contributed by atoms with van der Waals surface area (Å²) in [6.45, 7) is 3.09. The lowest BCUT2D eigenvalue weighted by atomic mass is 9.98. The van der Waals surface area contributed by atoms with Gasteiger partial charge in [-0.05, 0) is 38.1 Å². The predicted molar refractivity (Wildman–Crippen MR) is 123 cm³/mol. The number of halogens is 3. The molecule has 0 aliphatic carbocycles. The molecule has 0 bridgehead atoms. The number of carboxylic acids is 1. The van der Waals surface area contributed by atoms with E-state index < -0.39 is 29.2 Å². The van der Waals surface area contributed by atoms with Crippen LogP contribution in [0.15, 0.2) is 75.9 Å². The predicted octanol–water partition coefficient (Wildman–Crippen LogP) is 6.66. The molecule has 1 heterocycles. The van der Waals surface area contributed by atoms with E-state index in [4.69, 9.17) is 4.42 Å². The molecule has 4 aromatic rings. The van der Waals surface area contributed by atoms with Crippen LogP contribution in [0.1, 0.15) is 40.0 Å². The average Bonchev–Trinajstić information content (AvgIpc) is 2.80. The number of aromatic carboxylic acids is 1. The molecule has 0 radical (unpaired) electrons. The standard InChI is InChI=1S/C26H20F3NO4/c1-14-22(31)20-13-17(26(27,28)29)12-19(24(20)34-23(14)16-8-4-3-5-9-16)15(2)30-21-11-7-6-10-18(21)25(32)33/h3-13,15,30H,1-2H3,(H,32,33)/t15-/m1/s1. The molecular weight excluding hydrogens is 447 g/mol. The summed E-state index contributed by atoms with van der Waals surface area (Å²) in [5, 5.41) is 12.2. The minimum atomic E-state index is -4.69. The van der Waals surface area contributed by atoms with Crippen molar-refractivity contribution < 1.29 is 27.5 Å². The first-order valence-electron chi connectivity index (χ1n) is 10.4. The summed E-state index contributed by atoms with van der Waals surface area (Å²) in [6, 6.07) is 15.8. The topological polar surface area (TPSA) is 79.5 Å². The van der Waals surface area contributed by atoms with E-state index in [0.717, 1.165) is 12.1 Å². The van der Waals surface area contributed by atoms with Crippen LogP contribution in [0.3, 0.4) is 0 Å². The van der Waals surface area contributed by atoms with Crippen LogP contribution < -0.4 is 10.7 Å². The second-order valence-corrected chi connectivity index (χ2v) is 7.91. The van der Waals surface area contributed by atoms with Crippen molar-refractivity contribution in [1.29, 1.82) is 0 Å². The maximum atomic E-state index is 13.7. The van der Waals surface area contributed by atoms with Crippen molar-refractivity contribution >= 4 is 22.6 Å². The average molecular weight is 467 g/mol. The van der Waals surface area contributed by atoms with Gasteiger partial charge in [-0.2, -0.15) is 13.2 Å². The molecule has 0 amide bonds. The van der Waals surface area contributed by atoms with Crippen LogP contribution in [-0.2, 0) is 6.18 Å². The maximum absolute atomic E-state index is 13.7. The van der Waals surface area contributed by atoms with Gasteiger partial charge in [-0.1, -0.05) is 42.5 Å². The monoisotopic (exact) mass is 467 g/mol. The Morgan fingerprint density at radius 2 is 1.68 bits per heavy atom. The van der Waals surface area contributed by atoms with Crippen molar-refractivity contribution in [2.45, 2.75) is 26.1 Å². The number of carbonyl (C=O) groups is 1. The fraction of sp³-hybridized carbons (Fsp3) is 0.154. The van der Waals surface area contributed by atoms with Gasteiger partial charge in [-0.15, -0.1) is 0 Å². The van der Waals surface area contributed by atoms with E-state index in [9.17, 15) is 27.9 Å². The number of para-hydroxylation sites is 1. The van der Waals surface area contributed by atoms with E-state index in [0.29, 0.717) is 5.56 Å². The molecule has 0 saturated carbocycles. The van der Waals surface area contributed by atoms with Gasteiger partial charge >= 0.3 is 12.1 Å². The van der Waals surface area contributed by atoms with Gasteiger partial charge < -0.3 is 14.8 Å². The maximum Gasteiger partial charge on any atom is 0.416 e. The highest BCUT2D eigenvalue weighted by molar-refractivity contribution is 5.94. The van der Waals surface area contributed by atoms with Crippen molar-refractivity contribution in [2.75, 3.05) is 5.32 Å². The Balaban J connectivity index is 1.96. The molecule has 3 aromatic carbocycles. The van der Waals surface area contributed by atoms with Crippen molar-refractivity contribution in [3.8, 4) is 11.3 Å². The number of benzene rings is 3. The molecule has 0 unspecified atom stereocenters. The Morgan fingerprint density at radius 1 is 1.03 bits per heavy atom. The van der Waals surface area contributed by atoms with Gasteiger partial charge in [0.15, 0.2) is 5.43 Å². The molecular formula is C26H20F3NO4. The molecule has 0 saturated heterocycles. The van der Waals surface area contributed by atoms with E-state index in [-0.39, 0.29) is 39.1 Å². The Hall–Kier alpha value is -4.07. The summed E-state index contributed by atoms with van der Waals surface area (Å²) in [6.07, 6.45) is -4.69. The fourth-order valence-electron chi connectivity index (χ4n) is 3.87. The third-order valence-electron chi connectivity index (χ3n) is 5.61. The van der Waals surface area contributed by atoms with Crippen molar-refractivity contribution in [2.24, 2.45) is 0 Å². The summed E-state index contributed by atoms with van der Waals surface area (Å²) >= 11 is 0. The van der Waals surface area contributed by atoms with Gasteiger partial charge in [-0.25, -0.2) is 4.79 Å². The first-order chi connectivity index (χ1) is 16.1. The molecule has 34 heavy (non-hydrogen) atoms. The SMILES string of the molecule is Cc1c(-c2ccccc2)oc2c([C@@H](C)Nc3ccccc3C(=O)O)cc(C(F)(F)F)cc2c1=O. The summed E-state index contributed by atoms with van der Waals surface area (Å²) in [5.74, 6) is -0.921. The fourth-order valence-corrected chi connectivity index (χ4v) is 3.87. The van der Waals surface area contributed by atoms with E-state index in [2.05, 4.69) is 5.32 Å². The second kappa shape index (κ2) is 8.70. The molecule has 0 aliphatic rings. The van der Waals surface area contributed by atoms with Crippen LogP contribution in [0.4, 0.5) is 18.9 Å². The third kappa shape index (κ3) is 4.26. The number of carboxylic acid groups (broad SMARTS) is 1. The first kappa shape index (κ1) is 23.1. The molecule has 5 nitrogen and oxygen atoms in total. The first-order valence-corrected chi connectivity index (χ1v) is 10.4. The third-order valence-corrected chi connectivity index (χ3v) is 5.61. The lowest BCUT2D eigenvalue weighted by molar-refractivity contribution is -0.137. The minimum Gasteiger partial charge on any atom is -0.478 e. The quantitative estimate of drug-likeness (QED) is 0.343. The van der Waals surface area contributed by atoms with Crippen molar-refractivity contribution in [3.05, 3.63) is 99.2 Å². The molecule has 0 aliphatic heterocycles. The van der Waals surface area contributed by atoms with Crippen molar-refractivity contribution in [1.82, 2.24) is 0 Å². The van der Waals surface area contributed by atoms with Crippen LogP contribution in [0.25, 0.3) is 22.3 Å². The van der Waals surface area contributed by atoms with E-state index >= 15 is 0 Å². The number of nitrogens with one attached hydrogen (secondary N) is 1. The van der Waals surface area contributed by atoms with E-state index in [1.54, 1.807) is 49.4 Å². The molecule has 2 N–H and O–H groups in total. The van der Waals surface area contributed by atoms with Crippen LogP contribution in [0.2, 0.25) is 0 Å². The van der Waals surface area contributed by atoms with Gasteiger partial charge in [0.25, 0.3) is 0 Å². The highest BCUT2D eigenvalue weighted by atomic mass is 19.4. The van der Waals surface area contributed by atoms with Crippen LogP contribution in [-0.4, -0.2) is 11.1 Å². The zero-order valence-corrected chi connectivity index (χ0v) is 18.2.